The molecule has 0 N–H and O–H groups in total. The Morgan fingerprint density at radius 2 is 1.19 bits per heavy atom. The molecule has 0 atom stereocenters. The van der Waals surface area contributed by atoms with E-state index in [0.717, 1.165) is 62.7 Å². The van der Waals surface area contributed by atoms with Crippen LogP contribution in [0.4, 0.5) is 0 Å². The first-order valence-electron chi connectivity index (χ1n) is 18.5. The molecule has 11 rings (SSSR count). The number of benzene rings is 7. The van der Waals surface area contributed by atoms with E-state index in [1.165, 1.54) is 53.4 Å². The summed E-state index contributed by atoms with van der Waals surface area (Å²) in [5.74, 6) is 0.707. The first kappa shape index (κ1) is 31.0. The van der Waals surface area contributed by atoms with Gasteiger partial charge in [0.05, 0.1) is 11.4 Å². The molecular formula is C50H32N2OS. The fourth-order valence-corrected chi connectivity index (χ4v) is 9.24. The molecule has 10 aromatic rings. The molecule has 0 saturated heterocycles. The SMILES string of the molecule is C1=CCCC(c2cc(-c3cccc4c3oc3ccccc34)nc(-c3ccc(-c4cccc(-c5ccc6sc7ccccc7c6c5)c4)c4ccccc34)n2)=C1. The summed E-state index contributed by atoms with van der Waals surface area (Å²) in [4.78, 5) is 10.6. The van der Waals surface area contributed by atoms with Gasteiger partial charge in [-0.1, -0.05) is 121 Å². The standard InChI is InChI=1S/C50H32N2OS/c1-2-12-31(13-3-1)44-30-45(42-21-11-20-40-38-18-6-8-22-46(38)53-49(40)42)52-50(51-44)41-26-25-35(36-16-4-5-17-37(36)41)34-15-10-14-32(28-34)33-24-27-48-43(29-33)39-19-7-9-23-47(39)54-48/h1-2,4-12,14-30H,3,13H2. The number of thiophene rings is 1. The molecule has 3 heterocycles. The zero-order valence-electron chi connectivity index (χ0n) is 29.3. The number of para-hydroxylation sites is 2. The Balaban J connectivity index is 1.06. The molecule has 1 aliphatic rings. The first-order chi connectivity index (χ1) is 26.7. The number of nitrogens with zero attached hydrogens (tertiary/aromatic N) is 2. The topological polar surface area (TPSA) is 38.9 Å². The average molecular weight is 709 g/mol. The quantitative estimate of drug-likeness (QED) is 0.179. The summed E-state index contributed by atoms with van der Waals surface area (Å²) in [5.41, 5.74) is 11.5. The van der Waals surface area contributed by atoms with Crippen LogP contribution in [-0.4, -0.2) is 9.97 Å². The number of hydrogen-bond donors (Lipinski definition) is 0. The van der Waals surface area contributed by atoms with Crippen molar-refractivity contribution < 1.29 is 4.42 Å². The van der Waals surface area contributed by atoms with Crippen molar-refractivity contribution in [2.45, 2.75) is 12.8 Å². The molecular weight excluding hydrogens is 677 g/mol. The van der Waals surface area contributed by atoms with Crippen LogP contribution in [0.1, 0.15) is 18.5 Å². The second kappa shape index (κ2) is 12.5. The predicted molar refractivity (Wildman–Crippen MR) is 228 cm³/mol. The summed E-state index contributed by atoms with van der Waals surface area (Å²) in [7, 11) is 0. The van der Waals surface area contributed by atoms with Crippen molar-refractivity contribution in [1.82, 2.24) is 9.97 Å². The van der Waals surface area contributed by atoms with Gasteiger partial charge in [0.15, 0.2) is 5.82 Å². The fourth-order valence-electron chi connectivity index (χ4n) is 8.15. The van der Waals surface area contributed by atoms with E-state index in [1.54, 1.807) is 0 Å². The fraction of sp³-hybridized carbons (Fsp3) is 0.0400. The largest absolute Gasteiger partial charge is 0.455 e. The van der Waals surface area contributed by atoms with Crippen molar-refractivity contribution in [2.24, 2.45) is 0 Å². The monoisotopic (exact) mass is 708 g/mol. The molecule has 0 fully saturated rings. The molecule has 4 heteroatoms. The van der Waals surface area contributed by atoms with Crippen molar-refractivity contribution in [3.8, 4) is 44.9 Å². The summed E-state index contributed by atoms with van der Waals surface area (Å²) in [6, 6.07) is 54.3. The van der Waals surface area contributed by atoms with Gasteiger partial charge in [-0.3, -0.25) is 0 Å². The zero-order chi connectivity index (χ0) is 35.6. The lowest BCUT2D eigenvalue weighted by Gasteiger charge is -2.15. The zero-order valence-corrected chi connectivity index (χ0v) is 30.1. The van der Waals surface area contributed by atoms with Gasteiger partial charge in [-0.25, -0.2) is 9.97 Å². The molecule has 0 unspecified atom stereocenters. The Kier molecular flexibility index (Phi) is 7.17. The van der Waals surface area contributed by atoms with E-state index in [9.17, 15) is 0 Å². The highest BCUT2D eigenvalue weighted by atomic mass is 32.1. The third kappa shape index (κ3) is 5.10. The summed E-state index contributed by atoms with van der Waals surface area (Å²) >= 11 is 1.85. The minimum Gasteiger partial charge on any atom is -0.455 e. The number of furan rings is 1. The number of rotatable bonds is 5. The lowest BCUT2D eigenvalue weighted by atomic mass is 9.92. The number of allylic oxidation sites excluding steroid dienone is 4. The Hall–Kier alpha value is -6.62. The van der Waals surface area contributed by atoms with Gasteiger partial charge in [0.1, 0.15) is 11.2 Å². The molecule has 0 saturated carbocycles. The van der Waals surface area contributed by atoms with E-state index in [2.05, 4.69) is 158 Å². The normalized spacial score (nSPS) is 13.1. The maximum absolute atomic E-state index is 6.50. The molecule has 0 aliphatic heterocycles. The van der Waals surface area contributed by atoms with Crippen LogP contribution in [0, 0.1) is 0 Å². The molecule has 0 spiro atoms. The van der Waals surface area contributed by atoms with Crippen LogP contribution in [-0.2, 0) is 0 Å². The van der Waals surface area contributed by atoms with E-state index in [1.807, 2.05) is 23.5 Å². The Morgan fingerprint density at radius 1 is 0.481 bits per heavy atom. The highest BCUT2D eigenvalue weighted by Gasteiger charge is 2.19. The first-order valence-corrected chi connectivity index (χ1v) is 19.3. The van der Waals surface area contributed by atoms with Gasteiger partial charge in [-0.05, 0) is 100.0 Å². The smallest absolute Gasteiger partial charge is 0.161 e. The summed E-state index contributed by atoms with van der Waals surface area (Å²) < 4.78 is 9.14. The molecule has 0 bridgehead atoms. The van der Waals surface area contributed by atoms with E-state index >= 15 is 0 Å². The van der Waals surface area contributed by atoms with E-state index in [4.69, 9.17) is 14.4 Å². The maximum atomic E-state index is 6.50. The molecule has 1 aliphatic carbocycles. The Bertz CT molecular complexity index is 3180. The van der Waals surface area contributed by atoms with Crippen molar-refractivity contribution in [3.63, 3.8) is 0 Å². The minimum absolute atomic E-state index is 0.707. The molecule has 3 aromatic heterocycles. The lowest BCUT2D eigenvalue weighted by molar-refractivity contribution is 0.670. The van der Waals surface area contributed by atoms with E-state index < -0.39 is 0 Å². The molecule has 0 amide bonds. The van der Waals surface area contributed by atoms with Crippen LogP contribution >= 0.6 is 11.3 Å². The van der Waals surface area contributed by atoms with Gasteiger partial charge in [0.2, 0.25) is 0 Å². The Labute approximate surface area is 316 Å². The summed E-state index contributed by atoms with van der Waals surface area (Å²) in [5, 5.41) is 7.11. The molecule has 54 heavy (non-hydrogen) atoms. The van der Waals surface area contributed by atoms with Gasteiger partial charge in [0.25, 0.3) is 0 Å². The van der Waals surface area contributed by atoms with Crippen molar-refractivity contribution in [2.75, 3.05) is 0 Å². The minimum atomic E-state index is 0.707. The second-order valence-corrected chi connectivity index (χ2v) is 15.1. The lowest BCUT2D eigenvalue weighted by Crippen LogP contribution is -2.00. The van der Waals surface area contributed by atoms with Crippen molar-refractivity contribution in [3.05, 3.63) is 176 Å². The van der Waals surface area contributed by atoms with Crippen LogP contribution < -0.4 is 0 Å². The highest BCUT2D eigenvalue weighted by Crippen LogP contribution is 2.41. The molecule has 0 radical (unpaired) electrons. The van der Waals surface area contributed by atoms with Crippen molar-refractivity contribution >= 4 is 69.8 Å². The van der Waals surface area contributed by atoms with Crippen LogP contribution in [0.25, 0.3) is 103 Å². The molecule has 3 nitrogen and oxygen atoms in total. The van der Waals surface area contributed by atoms with Crippen molar-refractivity contribution in [1.29, 1.82) is 0 Å². The number of hydrogen-bond acceptors (Lipinski definition) is 4. The van der Waals surface area contributed by atoms with Crippen LogP contribution in [0.2, 0.25) is 0 Å². The third-order valence-corrected chi connectivity index (χ3v) is 11.9. The predicted octanol–water partition coefficient (Wildman–Crippen LogP) is 14.3. The summed E-state index contributed by atoms with van der Waals surface area (Å²) in [6.45, 7) is 0. The van der Waals surface area contributed by atoms with Crippen LogP contribution in [0.5, 0.6) is 0 Å². The van der Waals surface area contributed by atoms with E-state index in [0.29, 0.717) is 5.82 Å². The molecule has 7 aromatic carbocycles. The number of aromatic nitrogens is 2. The van der Waals surface area contributed by atoms with Gasteiger partial charge in [-0.2, -0.15) is 0 Å². The van der Waals surface area contributed by atoms with Crippen LogP contribution in [0.15, 0.2) is 174 Å². The Morgan fingerprint density at radius 3 is 2.07 bits per heavy atom. The van der Waals surface area contributed by atoms with Gasteiger partial charge < -0.3 is 4.42 Å². The average Bonchev–Trinajstić information content (AvgIpc) is 3.82. The van der Waals surface area contributed by atoms with Crippen LogP contribution in [0.3, 0.4) is 0 Å². The van der Waals surface area contributed by atoms with E-state index in [-0.39, 0.29) is 0 Å². The molecule has 254 valence electrons. The van der Waals surface area contributed by atoms with Gasteiger partial charge >= 0.3 is 0 Å². The number of fused-ring (bicyclic) bond motifs is 7. The van der Waals surface area contributed by atoms with Gasteiger partial charge in [0, 0.05) is 42.1 Å². The highest BCUT2D eigenvalue weighted by molar-refractivity contribution is 7.25. The summed E-state index contributed by atoms with van der Waals surface area (Å²) in [6.07, 6.45) is 8.47. The second-order valence-electron chi connectivity index (χ2n) is 14.0. The third-order valence-electron chi connectivity index (χ3n) is 10.8. The maximum Gasteiger partial charge on any atom is 0.161 e. The van der Waals surface area contributed by atoms with Gasteiger partial charge in [-0.15, -0.1) is 11.3 Å².